The number of ketones is 1. The summed E-state index contributed by atoms with van der Waals surface area (Å²) >= 11 is 0. The molecule has 3 heterocycles. The molecule has 0 unspecified atom stereocenters. The molecule has 5 rings (SSSR count). The van der Waals surface area contributed by atoms with Crippen LogP contribution in [-0.4, -0.2) is 39.9 Å². The molecular formula is C26H23N3O6. The second-order valence-electron chi connectivity index (χ2n) is 8.36. The van der Waals surface area contributed by atoms with Crippen LogP contribution < -0.4 is 15.0 Å². The lowest BCUT2D eigenvalue weighted by Gasteiger charge is -2.11. The molecule has 0 saturated heterocycles. The largest absolute Gasteiger partial charge is 0.457 e. The van der Waals surface area contributed by atoms with Gasteiger partial charge in [0.15, 0.2) is 18.1 Å². The Morgan fingerprint density at radius 3 is 2.66 bits per heavy atom. The molecule has 1 aliphatic rings. The third-order valence-electron chi connectivity index (χ3n) is 6.10. The van der Waals surface area contributed by atoms with Crippen LogP contribution in [-0.2, 0) is 22.5 Å². The molecular weight excluding hydrogens is 450 g/mol. The highest BCUT2D eigenvalue weighted by atomic mass is 16.7. The quantitative estimate of drug-likeness (QED) is 0.324. The molecule has 178 valence electrons. The van der Waals surface area contributed by atoms with Crippen molar-refractivity contribution in [3.63, 3.8) is 0 Å². The zero-order valence-corrected chi connectivity index (χ0v) is 19.3. The molecule has 9 heteroatoms. The number of hydrogen-bond donors (Lipinski definition) is 1. The summed E-state index contributed by atoms with van der Waals surface area (Å²) in [5, 5.41) is 7.39. The van der Waals surface area contributed by atoms with Crippen LogP contribution in [0.25, 0.3) is 10.8 Å². The van der Waals surface area contributed by atoms with Crippen molar-refractivity contribution in [1.29, 1.82) is 0 Å². The van der Waals surface area contributed by atoms with Crippen molar-refractivity contribution in [2.45, 2.75) is 26.8 Å². The van der Waals surface area contributed by atoms with Crippen molar-refractivity contribution in [2.24, 2.45) is 0 Å². The zero-order chi connectivity index (χ0) is 24.5. The first-order valence-electron chi connectivity index (χ1n) is 11.1. The highest BCUT2D eigenvalue weighted by Crippen LogP contribution is 2.33. The zero-order valence-electron chi connectivity index (χ0n) is 19.3. The number of fused-ring (bicyclic) bond motifs is 2. The molecule has 0 amide bonds. The number of nitrogens with one attached hydrogen (secondary N) is 1. The summed E-state index contributed by atoms with van der Waals surface area (Å²) in [6, 6.07) is 14.5. The van der Waals surface area contributed by atoms with Gasteiger partial charge in [0.25, 0.3) is 5.56 Å². The van der Waals surface area contributed by atoms with E-state index in [4.69, 9.17) is 14.2 Å². The van der Waals surface area contributed by atoms with Crippen LogP contribution in [0.4, 0.5) is 0 Å². The van der Waals surface area contributed by atoms with Gasteiger partial charge in [-0.15, -0.1) is 0 Å². The van der Waals surface area contributed by atoms with Crippen LogP contribution in [0, 0.1) is 13.8 Å². The Morgan fingerprint density at radius 1 is 1.06 bits per heavy atom. The van der Waals surface area contributed by atoms with Crippen LogP contribution in [0.15, 0.2) is 53.3 Å². The van der Waals surface area contributed by atoms with Gasteiger partial charge < -0.3 is 18.8 Å². The number of carbonyl (C=O) groups excluding carboxylic acids is 2. The number of aryl methyl sites for hydroxylation is 1. The minimum absolute atomic E-state index is 0.159. The van der Waals surface area contributed by atoms with Crippen molar-refractivity contribution in [1.82, 2.24) is 14.8 Å². The second kappa shape index (κ2) is 9.09. The Kier molecular flexibility index (Phi) is 5.82. The van der Waals surface area contributed by atoms with E-state index < -0.39 is 5.97 Å². The molecule has 0 atom stereocenters. The topological polar surface area (TPSA) is 113 Å². The minimum atomic E-state index is -0.600. The normalized spacial score (nSPS) is 12.2. The van der Waals surface area contributed by atoms with Gasteiger partial charge in [0.1, 0.15) is 0 Å². The Labute approximate surface area is 200 Å². The lowest BCUT2D eigenvalue weighted by molar-refractivity contribution is -0.141. The third kappa shape index (κ3) is 4.40. The first kappa shape index (κ1) is 22.4. The van der Waals surface area contributed by atoms with Crippen LogP contribution >= 0.6 is 0 Å². The van der Waals surface area contributed by atoms with E-state index in [1.54, 1.807) is 30.3 Å². The summed E-state index contributed by atoms with van der Waals surface area (Å²) in [5.41, 5.74) is 3.28. The van der Waals surface area contributed by atoms with E-state index in [1.165, 1.54) is 0 Å². The number of nitrogens with zero attached hydrogens (tertiary/aromatic N) is 2. The standard InChI is InChI=1S/C26H23N3O6/c1-15-9-20(16(2)29(15)12-17-7-8-23-24(10-17)35-14-34-23)22(30)13-33-25(31)11-21-18-5-3-4-6-19(18)26(32)28-27-21/h3-10H,11-14H2,1-2H3,(H,28,32). The van der Waals surface area contributed by atoms with E-state index in [2.05, 4.69) is 10.2 Å². The molecule has 1 N–H and O–H groups in total. The van der Waals surface area contributed by atoms with E-state index in [9.17, 15) is 14.4 Å². The number of Topliss-reactive ketones (excluding diaryl/α,β-unsaturated/α-hetero) is 1. The molecule has 35 heavy (non-hydrogen) atoms. The number of esters is 1. The molecule has 0 spiro atoms. The number of H-pyrrole nitrogens is 1. The van der Waals surface area contributed by atoms with Gasteiger partial charge in [-0.2, -0.15) is 5.10 Å². The van der Waals surface area contributed by atoms with Crippen molar-refractivity contribution >= 4 is 22.5 Å². The Bertz CT molecular complexity index is 1520. The van der Waals surface area contributed by atoms with Gasteiger partial charge >= 0.3 is 5.97 Å². The molecule has 4 aromatic rings. The fourth-order valence-corrected chi connectivity index (χ4v) is 4.27. The van der Waals surface area contributed by atoms with Crippen molar-refractivity contribution in [3.05, 3.63) is 87.1 Å². The number of hydrogen-bond acceptors (Lipinski definition) is 7. The van der Waals surface area contributed by atoms with Crippen LogP contribution in [0.3, 0.4) is 0 Å². The van der Waals surface area contributed by atoms with Gasteiger partial charge in [0, 0.05) is 28.9 Å². The number of ether oxygens (including phenoxy) is 3. The summed E-state index contributed by atoms with van der Waals surface area (Å²) in [7, 11) is 0. The number of rotatable bonds is 7. The van der Waals surface area contributed by atoms with E-state index in [0.29, 0.717) is 34.3 Å². The first-order chi connectivity index (χ1) is 16.9. The number of aromatic amines is 1. The third-order valence-corrected chi connectivity index (χ3v) is 6.10. The predicted octanol–water partition coefficient (Wildman–Crippen LogP) is 3.09. The summed E-state index contributed by atoms with van der Waals surface area (Å²) < 4.78 is 18.1. The fraction of sp³-hybridized carbons (Fsp3) is 0.231. The molecule has 1 aliphatic heterocycles. The summed E-state index contributed by atoms with van der Waals surface area (Å²) in [5.74, 6) is 0.537. The number of carbonyl (C=O) groups is 2. The molecule has 2 aromatic heterocycles. The number of aromatic nitrogens is 3. The minimum Gasteiger partial charge on any atom is -0.457 e. The highest BCUT2D eigenvalue weighted by molar-refractivity contribution is 5.99. The lowest BCUT2D eigenvalue weighted by Crippen LogP contribution is -2.18. The van der Waals surface area contributed by atoms with Crippen molar-refractivity contribution < 1.29 is 23.8 Å². The Morgan fingerprint density at radius 2 is 1.83 bits per heavy atom. The van der Waals surface area contributed by atoms with Gasteiger partial charge in [-0.1, -0.05) is 24.3 Å². The van der Waals surface area contributed by atoms with Gasteiger partial charge in [-0.25, -0.2) is 5.10 Å². The van der Waals surface area contributed by atoms with Crippen LogP contribution in [0.1, 0.15) is 33.0 Å². The second-order valence-corrected chi connectivity index (χ2v) is 8.36. The van der Waals surface area contributed by atoms with E-state index >= 15 is 0 Å². The average Bonchev–Trinajstić information content (AvgIpc) is 3.44. The maximum absolute atomic E-state index is 12.9. The number of benzene rings is 2. The average molecular weight is 473 g/mol. The lowest BCUT2D eigenvalue weighted by atomic mass is 10.1. The van der Waals surface area contributed by atoms with Crippen molar-refractivity contribution in [2.75, 3.05) is 13.4 Å². The van der Waals surface area contributed by atoms with Gasteiger partial charge in [0.2, 0.25) is 12.6 Å². The maximum Gasteiger partial charge on any atom is 0.312 e. The fourth-order valence-electron chi connectivity index (χ4n) is 4.27. The summed E-state index contributed by atoms with van der Waals surface area (Å²) in [4.78, 5) is 37.2. The van der Waals surface area contributed by atoms with Crippen LogP contribution in [0.5, 0.6) is 11.5 Å². The van der Waals surface area contributed by atoms with Gasteiger partial charge in [0.05, 0.1) is 17.5 Å². The van der Waals surface area contributed by atoms with Gasteiger partial charge in [-0.05, 0) is 43.7 Å². The smallest absolute Gasteiger partial charge is 0.312 e. The summed E-state index contributed by atoms with van der Waals surface area (Å²) in [6.45, 7) is 4.19. The molecule has 0 bridgehead atoms. The maximum atomic E-state index is 12.9. The molecule has 2 aromatic carbocycles. The molecule has 0 fully saturated rings. The monoisotopic (exact) mass is 473 g/mol. The van der Waals surface area contributed by atoms with E-state index in [1.807, 2.05) is 36.6 Å². The molecule has 0 saturated carbocycles. The molecule has 9 nitrogen and oxygen atoms in total. The molecule has 0 radical (unpaired) electrons. The van der Waals surface area contributed by atoms with Crippen LogP contribution in [0.2, 0.25) is 0 Å². The molecule has 0 aliphatic carbocycles. The predicted molar refractivity (Wildman–Crippen MR) is 127 cm³/mol. The highest BCUT2D eigenvalue weighted by Gasteiger charge is 2.20. The first-order valence-corrected chi connectivity index (χ1v) is 11.1. The summed E-state index contributed by atoms with van der Waals surface area (Å²) in [6.07, 6.45) is -0.159. The van der Waals surface area contributed by atoms with E-state index in [-0.39, 0.29) is 31.2 Å². The Balaban J connectivity index is 1.25. The van der Waals surface area contributed by atoms with E-state index in [0.717, 1.165) is 22.7 Å². The Hall–Kier alpha value is -4.40. The van der Waals surface area contributed by atoms with Crippen molar-refractivity contribution in [3.8, 4) is 11.5 Å². The SMILES string of the molecule is Cc1cc(C(=O)COC(=O)Cc2n[nH]c(=O)c3ccccc23)c(C)n1Cc1ccc2c(c1)OCO2. The van der Waals surface area contributed by atoms with Gasteiger partial charge in [-0.3, -0.25) is 14.4 Å².